The van der Waals surface area contributed by atoms with Crippen LogP contribution in [0.4, 0.5) is 0 Å². The molecule has 0 aliphatic carbocycles. The summed E-state index contributed by atoms with van der Waals surface area (Å²) in [4.78, 5) is 0. The fourth-order valence-electron chi connectivity index (χ4n) is 20.0. The molecule has 25 aromatic carbocycles. The molecule has 0 saturated carbocycles. The van der Waals surface area contributed by atoms with Crippen LogP contribution in [0.5, 0.6) is 0 Å². The van der Waals surface area contributed by atoms with E-state index in [9.17, 15) is 0 Å². The number of rotatable bonds is 10. The van der Waals surface area contributed by atoms with Crippen LogP contribution < -0.4 is 0 Å². The molecule has 0 amide bonds. The highest BCUT2D eigenvalue weighted by Crippen LogP contribution is 2.50. The van der Waals surface area contributed by atoms with E-state index in [1.165, 1.54) is 241 Å². The van der Waals surface area contributed by atoms with Crippen molar-refractivity contribution in [1.82, 2.24) is 0 Å². The first-order valence-corrected chi connectivity index (χ1v) is 43.7. The Bertz CT molecular complexity index is 8390. The van der Waals surface area contributed by atoms with Crippen molar-refractivity contribution in [1.29, 1.82) is 0 Å². The lowest BCUT2D eigenvalue weighted by molar-refractivity contribution is 1.61. The molecule has 25 rings (SSSR count). The third-order valence-electron chi connectivity index (χ3n) is 25.9. The van der Waals surface area contributed by atoms with Crippen molar-refractivity contribution >= 4 is 129 Å². The van der Waals surface area contributed by atoms with E-state index in [-0.39, 0.29) is 0 Å². The first-order valence-electron chi connectivity index (χ1n) is 43.7. The molecular weight excluding hydrogens is 1510 g/mol. The molecule has 0 radical (unpaired) electrons. The summed E-state index contributed by atoms with van der Waals surface area (Å²) in [7, 11) is 0. The van der Waals surface area contributed by atoms with E-state index in [2.05, 4.69) is 497 Å². The maximum Gasteiger partial charge on any atom is -0.00262 e. The monoisotopic (exact) mass is 1590 g/mol. The summed E-state index contributed by atoms with van der Waals surface area (Å²) in [6.07, 6.45) is 0. The first-order chi connectivity index (χ1) is 62.5. The van der Waals surface area contributed by atoms with Gasteiger partial charge in [0.2, 0.25) is 0 Å². The average Bonchev–Trinajstić information content (AvgIpc) is 0.739. The highest BCUT2D eigenvalue weighted by Gasteiger charge is 2.22. The van der Waals surface area contributed by atoms with Gasteiger partial charge < -0.3 is 0 Å². The summed E-state index contributed by atoms with van der Waals surface area (Å²) in [5.74, 6) is 0. The first kappa shape index (κ1) is 74.7. The Kier molecular flexibility index (Phi) is 19.1. The van der Waals surface area contributed by atoms with Crippen molar-refractivity contribution in [3.63, 3.8) is 0 Å². The maximum atomic E-state index is 2.38. The Labute approximate surface area is 732 Å². The standard InChI is InChI=1S/C46H30.2C40H26/c1-2-13-33(14-3-1)45-41-18-8-10-20-43(41)46(44-21-11-9-19-42(44)45)37-27-24-32-23-26-36(29-38(32)30-37)40-17-7-6-16-39(40)35-25-22-31-12-4-5-15-34(31)28-35;1-2-12-29(13-3-1)39-35-16-6-8-18-37(35)40(38-19-9-7-17-36(38)39)31-24-22-27-21-23-30(25-32(27)26-31)34-20-10-14-28-11-4-5-15-33(28)34;1-2-11-29(12-3-1)39-35-14-6-8-16-37(35)40(38-17-9-7-15-36(38)39)33-23-20-28-19-22-32(25-34(28)26-33)31-21-18-27-10-4-5-13-30(27)24-31/h1-30H;2*1-26H. The second kappa shape index (κ2) is 32.2. The molecule has 0 nitrogen and oxygen atoms in total. The van der Waals surface area contributed by atoms with Crippen molar-refractivity contribution in [2.45, 2.75) is 0 Å². The van der Waals surface area contributed by atoms with Crippen molar-refractivity contribution in [2.75, 3.05) is 0 Å². The summed E-state index contributed by atoms with van der Waals surface area (Å²) in [6, 6.07) is 182. The molecule has 0 fully saturated rings. The molecule has 0 aliphatic rings. The van der Waals surface area contributed by atoms with Gasteiger partial charge in [-0.3, -0.25) is 0 Å². The summed E-state index contributed by atoms with van der Waals surface area (Å²) in [6.45, 7) is 0. The highest BCUT2D eigenvalue weighted by molar-refractivity contribution is 6.25. The maximum absolute atomic E-state index is 2.38. The lowest BCUT2D eigenvalue weighted by Crippen LogP contribution is -1.91. The fraction of sp³-hybridized carbons (Fsp3) is 0. The summed E-state index contributed by atoms with van der Waals surface area (Å²) < 4.78 is 0. The van der Waals surface area contributed by atoms with E-state index in [1.807, 2.05) is 0 Å². The third kappa shape index (κ3) is 13.6. The van der Waals surface area contributed by atoms with Crippen LogP contribution in [0, 0.1) is 0 Å². The lowest BCUT2D eigenvalue weighted by atomic mass is 9.85. The number of benzene rings is 25. The van der Waals surface area contributed by atoms with Gasteiger partial charge >= 0.3 is 0 Å². The highest BCUT2D eigenvalue weighted by atomic mass is 14.3. The van der Waals surface area contributed by atoms with Gasteiger partial charge in [0.15, 0.2) is 0 Å². The molecule has 0 heterocycles. The summed E-state index contributed by atoms with van der Waals surface area (Å²) in [5, 5.41) is 30.5. The predicted molar refractivity (Wildman–Crippen MR) is 544 cm³/mol. The van der Waals surface area contributed by atoms with Gasteiger partial charge in [0.05, 0.1) is 0 Å². The minimum atomic E-state index is 1.22. The van der Waals surface area contributed by atoms with E-state index in [4.69, 9.17) is 0 Å². The molecule has 0 unspecified atom stereocenters. The van der Waals surface area contributed by atoms with Gasteiger partial charge in [-0.05, 0) is 289 Å². The van der Waals surface area contributed by atoms with Crippen molar-refractivity contribution < 1.29 is 0 Å². The van der Waals surface area contributed by atoms with Crippen LogP contribution in [0.15, 0.2) is 497 Å². The molecule has 25 aromatic rings. The third-order valence-corrected chi connectivity index (χ3v) is 25.9. The largest absolute Gasteiger partial charge is 0.0622 e. The SMILES string of the molecule is c1ccc(-c2c3ccccc3c(-c3ccc4ccc(-c5ccc6ccccc6c5)cc4c3)c3ccccc23)cc1.c1ccc(-c2c3ccccc3c(-c3ccc4ccc(-c5cccc6ccccc56)cc4c3)c3ccccc23)cc1.c1ccc(-c2c3ccccc3c(-c3ccc4ccc(-c5ccccc5-c5ccc6ccccc6c5)cc4c3)c3ccccc23)cc1. The Balaban J connectivity index is 0.000000109. The minimum absolute atomic E-state index is 1.22. The topological polar surface area (TPSA) is 0 Å². The lowest BCUT2D eigenvalue weighted by Gasteiger charge is -2.18. The number of fused-ring (bicyclic) bond motifs is 12. The van der Waals surface area contributed by atoms with Crippen LogP contribution in [-0.2, 0) is 0 Å². The van der Waals surface area contributed by atoms with Crippen LogP contribution in [0.25, 0.3) is 241 Å². The molecule has 0 N–H and O–H groups in total. The van der Waals surface area contributed by atoms with E-state index in [0.717, 1.165) is 0 Å². The molecule has 586 valence electrons. The molecule has 0 atom stereocenters. The van der Waals surface area contributed by atoms with E-state index < -0.39 is 0 Å². The van der Waals surface area contributed by atoms with Gasteiger partial charge in [-0.15, -0.1) is 0 Å². The van der Waals surface area contributed by atoms with E-state index >= 15 is 0 Å². The van der Waals surface area contributed by atoms with Crippen molar-refractivity contribution in [2.24, 2.45) is 0 Å². The van der Waals surface area contributed by atoms with E-state index in [0.29, 0.717) is 0 Å². The quantitative estimate of drug-likeness (QED) is 0.120. The molecule has 0 aromatic heterocycles. The van der Waals surface area contributed by atoms with Crippen molar-refractivity contribution in [3.8, 4) is 111 Å². The van der Waals surface area contributed by atoms with Crippen LogP contribution in [0.3, 0.4) is 0 Å². The molecule has 0 spiro atoms. The van der Waals surface area contributed by atoms with Gasteiger partial charge in [0, 0.05) is 0 Å². The minimum Gasteiger partial charge on any atom is -0.0622 e. The summed E-state index contributed by atoms with van der Waals surface area (Å²) in [5.41, 5.74) is 25.2. The average molecular weight is 1600 g/mol. The summed E-state index contributed by atoms with van der Waals surface area (Å²) >= 11 is 0. The molecule has 126 heavy (non-hydrogen) atoms. The Hall–Kier alpha value is -16.4. The van der Waals surface area contributed by atoms with Crippen molar-refractivity contribution in [3.05, 3.63) is 497 Å². The zero-order chi connectivity index (χ0) is 83.4. The van der Waals surface area contributed by atoms with Gasteiger partial charge in [-0.1, -0.05) is 449 Å². The van der Waals surface area contributed by atoms with E-state index in [1.54, 1.807) is 0 Å². The molecule has 0 bridgehead atoms. The smallest absolute Gasteiger partial charge is 0.00262 e. The second-order valence-corrected chi connectivity index (χ2v) is 33.1. The van der Waals surface area contributed by atoms with Crippen LogP contribution in [0.1, 0.15) is 0 Å². The predicted octanol–water partition coefficient (Wildman–Crippen LogP) is 35.6. The van der Waals surface area contributed by atoms with Gasteiger partial charge in [0.1, 0.15) is 0 Å². The number of hydrogen-bond donors (Lipinski definition) is 0. The van der Waals surface area contributed by atoms with Gasteiger partial charge in [-0.25, -0.2) is 0 Å². The Morgan fingerprint density at radius 2 is 0.262 bits per heavy atom. The number of hydrogen-bond acceptors (Lipinski definition) is 0. The van der Waals surface area contributed by atoms with Crippen LogP contribution in [0.2, 0.25) is 0 Å². The van der Waals surface area contributed by atoms with Gasteiger partial charge in [-0.2, -0.15) is 0 Å². The normalized spacial score (nSPS) is 11.5. The fourth-order valence-corrected chi connectivity index (χ4v) is 20.0. The Morgan fingerprint density at radius 3 is 0.579 bits per heavy atom. The zero-order valence-corrected chi connectivity index (χ0v) is 69.3. The van der Waals surface area contributed by atoms with Crippen LogP contribution >= 0.6 is 0 Å². The zero-order valence-electron chi connectivity index (χ0n) is 69.3. The molecule has 0 saturated heterocycles. The molecule has 0 aliphatic heterocycles. The second-order valence-electron chi connectivity index (χ2n) is 33.1. The Morgan fingerprint density at radius 1 is 0.0794 bits per heavy atom. The van der Waals surface area contributed by atoms with Crippen LogP contribution in [-0.4, -0.2) is 0 Å². The van der Waals surface area contributed by atoms with Gasteiger partial charge in [0.25, 0.3) is 0 Å². The molecule has 0 heteroatoms. The molecular formula is C126H82.